The number of thioether (sulfide) groups is 1. The SMILES string of the molecule is CCCCCCCCCCCCSc1cccc2c1ccc1c3cccc(C)c3ccc21. The van der Waals surface area contributed by atoms with Crippen molar-refractivity contribution in [3.8, 4) is 0 Å². The summed E-state index contributed by atoms with van der Waals surface area (Å²) in [6, 6.07) is 22.8. The monoisotopic (exact) mass is 442 g/mol. The van der Waals surface area contributed by atoms with Crippen LogP contribution in [0, 0.1) is 6.92 Å². The number of hydrogen-bond donors (Lipinski definition) is 0. The molecule has 1 heteroatoms. The number of aryl methyl sites for hydroxylation is 1. The Balaban J connectivity index is 1.35. The van der Waals surface area contributed by atoms with Crippen LogP contribution in [0.4, 0.5) is 0 Å². The summed E-state index contributed by atoms with van der Waals surface area (Å²) in [5.74, 6) is 1.23. The van der Waals surface area contributed by atoms with Crippen LogP contribution in [-0.4, -0.2) is 5.75 Å². The van der Waals surface area contributed by atoms with Crippen LogP contribution in [0.2, 0.25) is 0 Å². The van der Waals surface area contributed by atoms with Crippen LogP contribution in [0.25, 0.3) is 32.3 Å². The van der Waals surface area contributed by atoms with Gasteiger partial charge in [0.25, 0.3) is 0 Å². The molecule has 0 heterocycles. The van der Waals surface area contributed by atoms with E-state index in [-0.39, 0.29) is 0 Å². The average Bonchev–Trinajstić information content (AvgIpc) is 2.82. The molecular weight excluding hydrogens is 404 g/mol. The third kappa shape index (κ3) is 5.49. The lowest BCUT2D eigenvalue weighted by Crippen LogP contribution is -1.86. The molecule has 4 aromatic carbocycles. The topological polar surface area (TPSA) is 0 Å². The lowest BCUT2D eigenvalue weighted by molar-refractivity contribution is 0.563. The molecule has 0 aromatic heterocycles. The second-order valence-corrected chi connectivity index (χ2v) is 10.4. The minimum atomic E-state index is 1.23. The minimum absolute atomic E-state index is 1.23. The minimum Gasteiger partial charge on any atom is -0.126 e. The van der Waals surface area contributed by atoms with E-state index in [1.54, 1.807) is 0 Å². The highest BCUT2D eigenvalue weighted by atomic mass is 32.2. The van der Waals surface area contributed by atoms with Crippen LogP contribution >= 0.6 is 11.8 Å². The Hall–Kier alpha value is -1.99. The van der Waals surface area contributed by atoms with E-state index in [2.05, 4.69) is 74.5 Å². The zero-order chi connectivity index (χ0) is 22.2. The maximum absolute atomic E-state index is 2.35. The van der Waals surface area contributed by atoms with Gasteiger partial charge in [0.1, 0.15) is 0 Å². The van der Waals surface area contributed by atoms with Crippen LogP contribution in [0.3, 0.4) is 0 Å². The molecule has 0 aliphatic carbocycles. The molecule has 0 N–H and O–H groups in total. The predicted octanol–water partition coefficient (Wildman–Crippen LogP) is 10.5. The summed E-state index contributed by atoms with van der Waals surface area (Å²) in [6.07, 6.45) is 14.0. The second kappa shape index (κ2) is 11.8. The number of fused-ring (bicyclic) bond motifs is 5. The molecular formula is C31H38S. The van der Waals surface area contributed by atoms with Gasteiger partial charge in [-0.25, -0.2) is 0 Å². The molecule has 0 unspecified atom stereocenters. The molecule has 32 heavy (non-hydrogen) atoms. The summed E-state index contributed by atoms with van der Waals surface area (Å²) in [7, 11) is 0. The largest absolute Gasteiger partial charge is 0.126 e. The van der Waals surface area contributed by atoms with Gasteiger partial charge in [0.2, 0.25) is 0 Å². The Bertz CT molecular complexity index is 1160. The van der Waals surface area contributed by atoms with Crippen molar-refractivity contribution in [3.63, 3.8) is 0 Å². The lowest BCUT2D eigenvalue weighted by atomic mass is 9.95. The van der Waals surface area contributed by atoms with Crippen LogP contribution in [0.15, 0.2) is 65.6 Å². The van der Waals surface area contributed by atoms with E-state index in [0.717, 1.165) is 0 Å². The summed E-state index contributed by atoms with van der Waals surface area (Å²) in [5.41, 5.74) is 1.35. The molecule has 0 bridgehead atoms. The summed E-state index contributed by atoms with van der Waals surface area (Å²) >= 11 is 2.04. The highest BCUT2D eigenvalue weighted by molar-refractivity contribution is 7.99. The van der Waals surface area contributed by atoms with Crippen molar-refractivity contribution in [2.75, 3.05) is 5.75 Å². The standard InChI is InChI=1S/C31H38S/c1-3-4-5-6-7-8-9-10-11-12-23-32-31-18-14-17-27-29-20-19-25-24(2)15-13-16-26(25)28(29)21-22-30(27)31/h13-22H,3-12,23H2,1-2H3. The molecule has 0 aliphatic heterocycles. The van der Waals surface area contributed by atoms with Crippen molar-refractivity contribution in [2.24, 2.45) is 0 Å². The van der Waals surface area contributed by atoms with Crippen LogP contribution in [0.1, 0.15) is 76.7 Å². The van der Waals surface area contributed by atoms with E-state index < -0.39 is 0 Å². The number of hydrogen-bond acceptors (Lipinski definition) is 1. The van der Waals surface area contributed by atoms with Crippen LogP contribution in [-0.2, 0) is 0 Å². The normalized spacial score (nSPS) is 11.7. The van der Waals surface area contributed by atoms with Crippen molar-refractivity contribution in [1.29, 1.82) is 0 Å². The van der Waals surface area contributed by atoms with Gasteiger partial charge in [-0.15, -0.1) is 11.8 Å². The van der Waals surface area contributed by atoms with E-state index in [4.69, 9.17) is 0 Å². The highest BCUT2D eigenvalue weighted by Gasteiger charge is 2.08. The molecule has 0 aliphatic rings. The van der Waals surface area contributed by atoms with Gasteiger partial charge in [-0.1, -0.05) is 119 Å². The van der Waals surface area contributed by atoms with Gasteiger partial charge in [0.05, 0.1) is 0 Å². The van der Waals surface area contributed by atoms with E-state index in [1.165, 1.54) is 113 Å². The molecule has 0 saturated carbocycles. The average molecular weight is 443 g/mol. The quantitative estimate of drug-likeness (QED) is 0.119. The zero-order valence-electron chi connectivity index (χ0n) is 20.0. The van der Waals surface area contributed by atoms with Gasteiger partial charge in [-0.05, 0) is 63.0 Å². The summed E-state index contributed by atoms with van der Waals surface area (Å²) in [5, 5.41) is 8.28. The molecule has 0 amide bonds. The Morgan fingerprint density at radius 2 is 1.00 bits per heavy atom. The van der Waals surface area contributed by atoms with Gasteiger partial charge in [0.15, 0.2) is 0 Å². The van der Waals surface area contributed by atoms with E-state index >= 15 is 0 Å². The Kier molecular flexibility index (Phi) is 8.51. The van der Waals surface area contributed by atoms with Gasteiger partial charge < -0.3 is 0 Å². The predicted molar refractivity (Wildman–Crippen MR) is 146 cm³/mol. The fourth-order valence-electron chi connectivity index (χ4n) is 4.97. The first-order valence-electron chi connectivity index (χ1n) is 12.8. The van der Waals surface area contributed by atoms with Crippen LogP contribution < -0.4 is 0 Å². The lowest BCUT2D eigenvalue weighted by Gasteiger charge is -2.12. The van der Waals surface area contributed by atoms with E-state index in [9.17, 15) is 0 Å². The molecule has 0 spiro atoms. The van der Waals surface area contributed by atoms with Crippen LogP contribution in [0.5, 0.6) is 0 Å². The first-order chi connectivity index (χ1) is 15.8. The second-order valence-electron chi connectivity index (χ2n) is 9.28. The molecule has 0 nitrogen and oxygen atoms in total. The van der Waals surface area contributed by atoms with E-state index in [0.29, 0.717) is 0 Å². The highest BCUT2D eigenvalue weighted by Crippen LogP contribution is 2.36. The Morgan fingerprint density at radius 1 is 0.500 bits per heavy atom. The first kappa shape index (κ1) is 23.2. The maximum Gasteiger partial charge on any atom is 0.0151 e. The molecule has 0 radical (unpaired) electrons. The molecule has 4 aromatic rings. The Morgan fingerprint density at radius 3 is 1.69 bits per heavy atom. The van der Waals surface area contributed by atoms with Crippen molar-refractivity contribution in [2.45, 2.75) is 83.0 Å². The maximum atomic E-state index is 2.35. The van der Waals surface area contributed by atoms with Gasteiger partial charge >= 0.3 is 0 Å². The number of rotatable bonds is 12. The molecule has 4 rings (SSSR count). The third-order valence-corrected chi connectivity index (χ3v) is 8.01. The van der Waals surface area contributed by atoms with Crippen molar-refractivity contribution >= 4 is 44.1 Å². The Labute approximate surface area is 198 Å². The summed E-state index contributed by atoms with van der Waals surface area (Å²) in [4.78, 5) is 1.43. The van der Waals surface area contributed by atoms with Gasteiger partial charge in [0, 0.05) is 4.90 Å². The van der Waals surface area contributed by atoms with Crippen molar-refractivity contribution < 1.29 is 0 Å². The molecule has 0 saturated heterocycles. The third-order valence-electron chi connectivity index (χ3n) is 6.85. The fourth-order valence-corrected chi connectivity index (χ4v) is 6.04. The number of benzene rings is 4. The fraction of sp³-hybridized carbons (Fsp3) is 0.419. The summed E-state index contributed by atoms with van der Waals surface area (Å²) in [6.45, 7) is 4.50. The zero-order valence-corrected chi connectivity index (χ0v) is 20.8. The van der Waals surface area contributed by atoms with Crippen molar-refractivity contribution in [1.82, 2.24) is 0 Å². The van der Waals surface area contributed by atoms with Gasteiger partial charge in [-0.2, -0.15) is 0 Å². The first-order valence-corrected chi connectivity index (χ1v) is 13.7. The smallest absolute Gasteiger partial charge is 0.0151 e. The summed E-state index contributed by atoms with van der Waals surface area (Å²) < 4.78 is 0. The van der Waals surface area contributed by atoms with Crippen molar-refractivity contribution in [3.05, 3.63) is 66.2 Å². The van der Waals surface area contributed by atoms with E-state index in [1.807, 2.05) is 11.8 Å². The molecule has 0 atom stereocenters. The molecule has 168 valence electrons. The number of unbranched alkanes of at least 4 members (excludes halogenated alkanes) is 9. The molecule has 0 fully saturated rings. The van der Waals surface area contributed by atoms with Gasteiger partial charge in [-0.3, -0.25) is 0 Å².